The van der Waals surface area contributed by atoms with Crippen LogP contribution < -0.4 is 0 Å². The average molecular weight is 465 g/mol. The number of allylic oxidation sites excluding steroid dienone is 2. The molecule has 0 amide bonds. The predicted octanol–water partition coefficient (Wildman–Crippen LogP) is 5.44. The van der Waals surface area contributed by atoms with Gasteiger partial charge < -0.3 is 4.74 Å². The van der Waals surface area contributed by atoms with E-state index in [9.17, 15) is 9.59 Å². The van der Waals surface area contributed by atoms with E-state index in [1.165, 1.54) is 0 Å². The zero-order chi connectivity index (χ0) is 24.2. The second kappa shape index (κ2) is 10.2. The number of nitrogens with zero attached hydrogens (tertiary/aromatic N) is 2. The number of ketones is 1. The fraction of sp³-hybridized carbons (Fsp3) is 0.267. The number of ether oxygens (including phenoxy) is 1. The van der Waals surface area contributed by atoms with Crippen LogP contribution >= 0.6 is 0 Å². The van der Waals surface area contributed by atoms with Gasteiger partial charge in [0.2, 0.25) is 0 Å². The second-order valence-electron chi connectivity index (χ2n) is 9.19. The first-order chi connectivity index (χ1) is 17.1. The number of esters is 1. The van der Waals surface area contributed by atoms with Gasteiger partial charge in [-0.05, 0) is 48.1 Å². The van der Waals surface area contributed by atoms with Gasteiger partial charge in [-0.25, -0.2) is 0 Å². The normalized spacial score (nSPS) is 21.8. The predicted molar refractivity (Wildman–Crippen MR) is 135 cm³/mol. The van der Waals surface area contributed by atoms with Gasteiger partial charge in [0.05, 0.1) is 6.61 Å². The van der Waals surface area contributed by atoms with E-state index in [4.69, 9.17) is 9.73 Å². The van der Waals surface area contributed by atoms with Gasteiger partial charge in [-0.1, -0.05) is 60.7 Å². The van der Waals surface area contributed by atoms with Crippen LogP contribution in [0.3, 0.4) is 0 Å². The first-order valence-electron chi connectivity index (χ1n) is 12.1. The summed E-state index contributed by atoms with van der Waals surface area (Å²) in [5.74, 6) is -1.25. The Morgan fingerprint density at radius 3 is 2.31 bits per heavy atom. The number of hydrogen-bond acceptors (Lipinski definition) is 5. The van der Waals surface area contributed by atoms with Crippen molar-refractivity contribution >= 4 is 17.5 Å². The third-order valence-corrected chi connectivity index (χ3v) is 6.96. The summed E-state index contributed by atoms with van der Waals surface area (Å²) in [6.07, 6.45) is 5.14. The SMILES string of the molecule is CC1=NC2=C(C(=O)C[C@@H](c3ccccc3)C2)[C@H](c2ccncc2)C1C(=O)OCCc1ccccc1. The van der Waals surface area contributed by atoms with Gasteiger partial charge in [0, 0.05) is 48.1 Å². The smallest absolute Gasteiger partial charge is 0.315 e. The van der Waals surface area contributed by atoms with E-state index in [1.54, 1.807) is 12.4 Å². The number of aromatic nitrogens is 1. The van der Waals surface area contributed by atoms with Crippen molar-refractivity contribution in [3.8, 4) is 0 Å². The summed E-state index contributed by atoms with van der Waals surface area (Å²) < 4.78 is 5.74. The van der Waals surface area contributed by atoms with Crippen LogP contribution in [0.4, 0.5) is 0 Å². The molecule has 35 heavy (non-hydrogen) atoms. The van der Waals surface area contributed by atoms with Crippen LogP contribution in [-0.2, 0) is 20.7 Å². The molecule has 0 saturated heterocycles. The Kier molecular flexibility index (Phi) is 6.66. The van der Waals surface area contributed by atoms with Crippen molar-refractivity contribution < 1.29 is 14.3 Å². The van der Waals surface area contributed by atoms with Crippen molar-refractivity contribution in [2.24, 2.45) is 10.9 Å². The highest BCUT2D eigenvalue weighted by molar-refractivity contribution is 6.09. The standard InChI is InChI=1S/C30H28N2O3/c1-20-27(30(34)35-17-14-21-8-4-2-5-9-21)28(23-12-15-31-16-13-23)29-25(32-20)18-24(19-26(29)33)22-10-6-3-7-11-22/h2-13,15-16,24,27-28H,14,17-19H2,1H3/t24-,27?,28+/m0/s1. The molecule has 1 aliphatic carbocycles. The third kappa shape index (κ3) is 4.85. The maximum absolute atomic E-state index is 13.6. The van der Waals surface area contributed by atoms with Crippen molar-refractivity contribution in [2.75, 3.05) is 6.61 Å². The summed E-state index contributed by atoms with van der Waals surface area (Å²) in [7, 11) is 0. The fourth-order valence-corrected chi connectivity index (χ4v) is 5.26. The van der Waals surface area contributed by atoms with Crippen LogP contribution in [-0.4, -0.2) is 29.1 Å². The van der Waals surface area contributed by atoms with Crippen LogP contribution in [0.2, 0.25) is 0 Å². The van der Waals surface area contributed by atoms with E-state index in [1.807, 2.05) is 67.6 Å². The first-order valence-corrected chi connectivity index (χ1v) is 12.1. The van der Waals surface area contributed by atoms with Gasteiger partial charge in [-0.3, -0.25) is 19.6 Å². The van der Waals surface area contributed by atoms with Gasteiger partial charge in [0.25, 0.3) is 0 Å². The van der Waals surface area contributed by atoms with Crippen molar-refractivity contribution in [1.29, 1.82) is 0 Å². The van der Waals surface area contributed by atoms with Crippen LogP contribution in [0.5, 0.6) is 0 Å². The van der Waals surface area contributed by atoms with Crippen LogP contribution in [0, 0.1) is 5.92 Å². The number of Topliss-reactive ketones (excluding diaryl/α,β-unsaturated/α-hetero) is 1. The molecule has 1 aliphatic heterocycles. The molecule has 5 nitrogen and oxygen atoms in total. The zero-order valence-electron chi connectivity index (χ0n) is 19.8. The Bertz CT molecular complexity index is 1270. The number of hydrogen-bond donors (Lipinski definition) is 0. The molecule has 5 heteroatoms. The Hall–Kier alpha value is -3.86. The highest BCUT2D eigenvalue weighted by atomic mass is 16.5. The lowest BCUT2D eigenvalue weighted by atomic mass is 9.69. The minimum atomic E-state index is -0.635. The molecule has 0 fully saturated rings. The molecule has 5 rings (SSSR count). The minimum absolute atomic E-state index is 0.0558. The molecule has 2 heterocycles. The average Bonchev–Trinajstić information content (AvgIpc) is 2.89. The molecule has 3 atom stereocenters. The van der Waals surface area contributed by atoms with E-state index in [0.29, 0.717) is 30.5 Å². The summed E-state index contributed by atoms with van der Waals surface area (Å²) >= 11 is 0. The lowest BCUT2D eigenvalue weighted by Gasteiger charge is -2.36. The molecule has 0 radical (unpaired) electrons. The van der Waals surface area contributed by atoms with Gasteiger partial charge in [-0.15, -0.1) is 0 Å². The third-order valence-electron chi connectivity index (χ3n) is 6.96. The molecule has 176 valence electrons. The number of benzene rings is 2. The van der Waals surface area contributed by atoms with Crippen molar-refractivity contribution in [1.82, 2.24) is 4.98 Å². The van der Waals surface area contributed by atoms with E-state index in [2.05, 4.69) is 17.1 Å². The summed E-state index contributed by atoms with van der Waals surface area (Å²) in [4.78, 5) is 35.9. The monoisotopic (exact) mass is 464 g/mol. The maximum Gasteiger partial charge on any atom is 0.315 e. The first kappa shape index (κ1) is 22.9. The lowest BCUT2D eigenvalue weighted by molar-refractivity contribution is -0.146. The molecular weight excluding hydrogens is 436 g/mol. The summed E-state index contributed by atoms with van der Waals surface area (Å²) in [5.41, 5.74) is 5.28. The largest absolute Gasteiger partial charge is 0.465 e. The molecule has 0 saturated carbocycles. The Morgan fingerprint density at radius 1 is 0.914 bits per heavy atom. The zero-order valence-corrected chi connectivity index (χ0v) is 19.8. The lowest BCUT2D eigenvalue weighted by Crippen LogP contribution is -2.38. The van der Waals surface area contributed by atoms with E-state index < -0.39 is 11.8 Å². The van der Waals surface area contributed by atoms with E-state index in [0.717, 1.165) is 22.4 Å². The molecular formula is C30H28N2O3. The molecule has 2 aliphatic rings. The van der Waals surface area contributed by atoms with Crippen LogP contribution in [0.25, 0.3) is 0 Å². The maximum atomic E-state index is 13.6. The summed E-state index contributed by atoms with van der Waals surface area (Å²) in [5, 5.41) is 0. The molecule has 0 bridgehead atoms. The molecule has 1 unspecified atom stereocenters. The number of rotatable bonds is 6. The number of carbonyl (C=O) groups is 2. The summed E-state index contributed by atoms with van der Waals surface area (Å²) in [6, 6.07) is 23.8. The highest BCUT2D eigenvalue weighted by Crippen LogP contribution is 2.46. The topological polar surface area (TPSA) is 68.6 Å². The molecule has 2 aromatic carbocycles. The summed E-state index contributed by atoms with van der Waals surface area (Å²) in [6.45, 7) is 2.16. The van der Waals surface area contributed by atoms with E-state index >= 15 is 0 Å². The van der Waals surface area contributed by atoms with Crippen LogP contribution in [0.15, 0.2) is 101 Å². The van der Waals surface area contributed by atoms with E-state index in [-0.39, 0.29) is 24.3 Å². The second-order valence-corrected chi connectivity index (χ2v) is 9.19. The highest BCUT2D eigenvalue weighted by Gasteiger charge is 2.44. The fourth-order valence-electron chi connectivity index (χ4n) is 5.26. The van der Waals surface area contributed by atoms with Gasteiger partial charge in [0.15, 0.2) is 5.78 Å². The Labute approximate surface area is 205 Å². The molecule has 0 N–H and O–H groups in total. The van der Waals surface area contributed by atoms with Crippen LogP contribution in [0.1, 0.15) is 48.3 Å². The number of aliphatic imine (C=N–C) groups is 1. The molecule has 3 aromatic rings. The van der Waals surface area contributed by atoms with Crippen molar-refractivity contribution in [3.63, 3.8) is 0 Å². The minimum Gasteiger partial charge on any atom is -0.465 e. The quantitative estimate of drug-likeness (QED) is 0.456. The van der Waals surface area contributed by atoms with Gasteiger partial charge in [-0.2, -0.15) is 0 Å². The van der Waals surface area contributed by atoms with Gasteiger partial charge in [0.1, 0.15) is 5.92 Å². The number of pyridine rings is 1. The van der Waals surface area contributed by atoms with Crippen molar-refractivity contribution in [2.45, 2.75) is 38.0 Å². The molecule has 1 aromatic heterocycles. The Balaban J connectivity index is 1.44. The Morgan fingerprint density at radius 2 is 1.60 bits per heavy atom. The number of carbonyl (C=O) groups excluding carboxylic acids is 2. The van der Waals surface area contributed by atoms with Gasteiger partial charge >= 0.3 is 5.97 Å². The molecule has 0 spiro atoms. The van der Waals surface area contributed by atoms with Crippen molar-refractivity contribution in [3.05, 3.63) is 113 Å².